The van der Waals surface area contributed by atoms with Gasteiger partial charge in [0.2, 0.25) is 5.78 Å². The largest absolute Gasteiger partial charge is 0.497 e. The first-order valence-electron chi connectivity index (χ1n) is 9.27. The molecular formula is C22H21NO8. The lowest BCUT2D eigenvalue weighted by Gasteiger charge is -2.10. The first-order chi connectivity index (χ1) is 14.8. The van der Waals surface area contributed by atoms with Crippen LogP contribution in [0.3, 0.4) is 0 Å². The second-order valence-corrected chi connectivity index (χ2v) is 6.62. The predicted molar refractivity (Wildman–Crippen MR) is 110 cm³/mol. The van der Waals surface area contributed by atoms with Crippen molar-refractivity contribution in [1.29, 1.82) is 0 Å². The number of nitrogens with one attached hydrogen (secondary N) is 1. The van der Waals surface area contributed by atoms with Crippen molar-refractivity contribution in [2.75, 3.05) is 20.8 Å². The maximum Gasteiger partial charge on any atom is 0.325 e. The number of aliphatic carboxylic acids is 1. The van der Waals surface area contributed by atoms with E-state index in [-0.39, 0.29) is 23.9 Å². The minimum atomic E-state index is -1.15. The number of carboxylic acids is 1. The predicted octanol–water partition coefficient (Wildman–Crippen LogP) is 2.29. The summed E-state index contributed by atoms with van der Waals surface area (Å²) in [5.74, 6) is -0.207. The Bertz CT molecular complexity index is 1060. The minimum absolute atomic E-state index is 0.103. The minimum Gasteiger partial charge on any atom is -0.497 e. The number of methoxy groups -OCH3 is 2. The smallest absolute Gasteiger partial charge is 0.325 e. The summed E-state index contributed by atoms with van der Waals surface area (Å²) in [4.78, 5) is 35.2. The van der Waals surface area contributed by atoms with Crippen LogP contribution >= 0.6 is 0 Å². The lowest BCUT2D eigenvalue weighted by Crippen LogP contribution is -2.40. The first kappa shape index (κ1) is 21.7. The van der Waals surface area contributed by atoms with Gasteiger partial charge in [-0.25, -0.2) is 0 Å². The fourth-order valence-corrected chi connectivity index (χ4v) is 2.84. The molecule has 3 rings (SSSR count). The molecular weight excluding hydrogens is 406 g/mol. The molecule has 0 aliphatic carbocycles. The van der Waals surface area contributed by atoms with Gasteiger partial charge in [-0.15, -0.1) is 0 Å². The number of allylic oxidation sites excluding steroid dienone is 1. The number of rotatable bonds is 8. The van der Waals surface area contributed by atoms with Gasteiger partial charge in [0.25, 0.3) is 5.91 Å². The van der Waals surface area contributed by atoms with Crippen molar-refractivity contribution in [1.82, 2.24) is 5.32 Å². The summed E-state index contributed by atoms with van der Waals surface area (Å²) in [6.45, 7) is 0.967. The van der Waals surface area contributed by atoms with Crippen LogP contribution in [0.1, 0.15) is 22.8 Å². The summed E-state index contributed by atoms with van der Waals surface area (Å²) in [6.07, 6.45) is 1.56. The summed E-state index contributed by atoms with van der Waals surface area (Å²) in [5, 5.41) is 11.1. The van der Waals surface area contributed by atoms with Gasteiger partial charge in [0, 0.05) is 11.6 Å². The van der Waals surface area contributed by atoms with Crippen molar-refractivity contribution in [3.05, 3.63) is 53.3 Å². The second-order valence-electron chi connectivity index (χ2n) is 6.62. The summed E-state index contributed by atoms with van der Waals surface area (Å²) >= 11 is 0. The van der Waals surface area contributed by atoms with Crippen LogP contribution in [-0.2, 0) is 9.59 Å². The van der Waals surface area contributed by atoms with E-state index in [1.807, 2.05) is 0 Å². The van der Waals surface area contributed by atoms with E-state index in [9.17, 15) is 14.4 Å². The Morgan fingerprint density at radius 1 is 1.13 bits per heavy atom. The van der Waals surface area contributed by atoms with E-state index >= 15 is 0 Å². The molecule has 0 aromatic heterocycles. The van der Waals surface area contributed by atoms with Crippen LogP contribution in [0.4, 0.5) is 0 Å². The maximum absolute atomic E-state index is 12.7. The Balaban J connectivity index is 1.74. The van der Waals surface area contributed by atoms with Crippen LogP contribution in [0.25, 0.3) is 6.08 Å². The van der Waals surface area contributed by atoms with Gasteiger partial charge in [-0.1, -0.05) is 0 Å². The third-order valence-electron chi connectivity index (χ3n) is 4.48. The number of Topliss-reactive ketones (excluding diaryl/α,β-unsaturated/α-hetero) is 1. The van der Waals surface area contributed by atoms with Crippen molar-refractivity contribution in [2.24, 2.45) is 0 Å². The molecule has 0 spiro atoms. The van der Waals surface area contributed by atoms with Crippen molar-refractivity contribution in [2.45, 2.75) is 13.0 Å². The van der Waals surface area contributed by atoms with Crippen LogP contribution in [0.15, 0.2) is 42.2 Å². The molecule has 0 fully saturated rings. The Morgan fingerprint density at radius 2 is 1.87 bits per heavy atom. The molecule has 1 aliphatic heterocycles. The molecule has 1 heterocycles. The number of fused-ring (bicyclic) bond motifs is 1. The van der Waals surface area contributed by atoms with Gasteiger partial charge in [0.15, 0.2) is 12.4 Å². The molecule has 9 nitrogen and oxygen atoms in total. The van der Waals surface area contributed by atoms with Crippen LogP contribution in [0, 0.1) is 0 Å². The Kier molecular flexibility index (Phi) is 6.44. The van der Waals surface area contributed by atoms with Gasteiger partial charge >= 0.3 is 5.97 Å². The van der Waals surface area contributed by atoms with Gasteiger partial charge in [0.05, 0.1) is 19.8 Å². The number of ketones is 1. The molecule has 0 saturated heterocycles. The van der Waals surface area contributed by atoms with Gasteiger partial charge in [-0.3, -0.25) is 14.4 Å². The van der Waals surface area contributed by atoms with E-state index in [0.29, 0.717) is 28.4 Å². The summed E-state index contributed by atoms with van der Waals surface area (Å²) in [7, 11) is 3.06. The lowest BCUT2D eigenvalue weighted by molar-refractivity contribution is -0.141. The average Bonchev–Trinajstić information content (AvgIpc) is 3.06. The molecule has 0 unspecified atom stereocenters. The van der Waals surface area contributed by atoms with E-state index in [1.54, 1.807) is 24.3 Å². The quantitative estimate of drug-likeness (QED) is 0.616. The van der Waals surface area contributed by atoms with E-state index < -0.39 is 17.9 Å². The van der Waals surface area contributed by atoms with Crippen molar-refractivity contribution in [3.63, 3.8) is 0 Å². The molecule has 0 saturated carbocycles. The van der Waals surface area contributed by atoms with Crippen molar-refractivity contribution >= 4 is 23.7 Å². The van der Waals surface area contributed by atoms with E-state index in [1.165, 1.54) is 39.3 Å². The monoisotopic (exact) mass is 427 g/mol. The normalized spacial score (nSPS) is 14.4. The zero-order valence-corrected chi connectivity index (χ0v) is 17.1. The number of hydrogen-bond donors (Lipinski definition) is 2. The van der Waals surface area contributed by atoms with Gasteiger partial charge < -0.3 is 29.4 Å². The first-order valence-corrected chi connectivity index (χ1v) is 9.27. The molecule has 2 aromatic rings. The van der Waals surface area contributed by atoms with E-state index in [4.69, 9.17) is 24.1 Å². The molecule has 0 bridgehead atoms. The Labute approximate surface area is 178 Å². The van der Waals surface area contributed by atoms with Crippen molar-refractivity contribution in [3.8, 4) is 23.0 Å². The zero-order valence-electron chi connectivity index (χ0n) is 17.1. The molecule has 1 amide bonds. The topological polar surface area (TPSA) is 120 Å². The fraction of sp³-hybridized carbons (Fsp3) is 0.227. The fourth-order valence-electron chi connectivity index (χ4n) is 2.84. The molecule has 2 aromatic carbocycles. The number of carbonyl (C=O) groups excluding carboxylic acids is 2. The number of hydrogen-bond acceptors (Lipinski definition) is 7. The van der Waals surface area contributed by atoms with Crippen LogP contribution < -0.4 is 24.3 Å². The third kappa shape index (κ3) is 4.95. The number of carboxylic acid groups (broad SMARTS) is 1. The Morgan fingerprint density at radius 3 is 2.55 bits per heavy atom. The highest BCUT2D eigenvalue weighted by molar-refractivity contribution is 6.14. The van der Waals surface area contributed by atoms with Crippen LogP contribution in [-0.4, -0.2) is 49.6 Å². The molecule has 0 radical (unpaired) electrons. The van der Waals surface area contributed by atoms with Crippen LogP contribution in [0.2, 0.25) is 0 Å². The standard InChI is InChI=1S/C22H21NO8/c1-12(22(26)27)23-20(24)11-30-15-4-6-16-18(10-15)31-19(21(16)25)9-13-8-14(28-2)5-7-17(13)29-3/h4-10,12H,11H2,1-3H3,(H,23,24)(H,26,27)/b19-9-/t12-/m1/s1. The number of amides is 1. The van der Waals surface area contributed by atoms with Crippen molar-refractivity contribution < 1.29 is 38.4 Å². The summed E-state index contributed by atoms with van der Waals surface area (Å²) in [6, 6.07) is 8.71. The van der Waals surface area contributed by atoms with Gasteiger partial charge in [-0.05, 0) is 43.3 Å². The number of carbonyl (C=O) groups is 3. The Hall–Kier alpha value is -4.01. The maximum atomic E-state index is 12.7. The molecule has 1 aliphatic rings. The lowest BCUT2D eigenvalue weighted by atomic mass is 10.1. The molecule has 31 heavy (non-hydrogen) atoms. The van der Waals surface area contributed by atoms with Gasteiger partial charge in [-0.2, -0.15) is 0 Å². The highest BCUT2D eigenvalue weighted by atomic mass is 16.5. The highest BCUT2D eigenvalue weighted by Crippen LogP contribution is 2.36. The zero-order chi connectivity index (χ0) is 22.5. The number of benzene rings is 2. The molecule has 1 atom stereocenters. The second kappa shape index (κ2) is 9.21. The highest BCUT2D eigenvalue weighted by Gasteiger charge is 2.28. The van der Waals surface area contributed by atoms with E-state index in [0.717, 1.165) is 0 Å². The third-order valence-corrected chi connectivity index (χ3v) is 4.48. The average molecular weight is 427 g/mol. The molecule has 9 heteroatoms. The van der Waals surface area contributed by atoms with E-state index in [2.05, 4.69) is 5.32 Å². The summed E-state index contributed by atoms with van der Waals surface area (Å²) < 4.78 is 21.6. The van der Waals surface area contributed by atoms with Crippen LogP contribution in [0.5, 0.6) is 23.0 Å². The molecule has 2 N–H and O–H groups in total. The molecule has 162 valence electrons. The number of ether oxygens (including phenoxy) is 4. The summed E-state index contributed by atoms with van der Waals surface area (Å²) in [5.41, 5.74) is 0.961. The SMILES string of the molecule is COc1ccc(OC)c(/C=C2\Oc3cc(OCC(=O)N[C@H](C)C(=O)O)ccc3C2=O)c1. The van der Waals surface area contributed by atoms with Gasteiger partial charge in [0.1, 0.15) is 29.0 Å².